The van der Waals surface area contributed by atoms with E-state index in [9.17, 15) is 20.0 Å². The molecular formula is C20H17ClN4O4S. The van der Waals surface area contributed by atoms with Gasteiger partial charge in [-0.1, -0.05) is 29.8 Å². The number of nitrogens with zero attached hydrogens (tertiary/aromatic N) is 3. The number of rotatable bonds is 5. The molecule has 4 rings (SSSR count). The number of hydrazine groups is 1. The summed E-state index contributed by atoms with van der Waals surface area (Å²) in [7, 11) is 0. The number of non-ortho nitro benzene ring substituents is 1. The molecule has 0 fully saturated rings. The molecule has 0 saturated heterocycles. The number of hydrogen-bond donors (Lipinski definition) is 2. The Hall–Kier alpha value is -3.01. The number of nitro groups is 1. The minimum Gasteiger partial charge on any atom is -0.480 e. The topological polar surface area (TPSA) is 109 Å². The van der Waals surface area contributed by atoms with Crippen molar-refractivity contribution in [1.29, 1.82) is 0 Å². The van der Waals surface area contributed by atoms with Gasteiger partial charge in [-0.05, 0) is 29.7 Å². The summed E-state index contributed by atoms with van der Waals surface area (Å²) in [6, 6.07) is 9.38. The highest BCUT2D eigenvalue weighted by atomic mass is 35.5. The molecule has 1 aliphatic rings. The highest BCUT2D eigenvalue weighted by molar-refractivity contribution is 7.14. The number of nitrogens with one attached hydrogen (secondary N) is 1. The zero-order valence-corrected chi connectivity index (χ0v) is 17.4. The fraction of sp³-hybridized carbons (Fsp3) is 0.200. The molecule has 10 heteroatoms. The summed E-state index contributed by atoms with van der Waals surface area (Å²) in [4.78, 5) is 26.9. The Labute approximate surface area is 180 Å². The molecule has 0 spiro atoms. The predicted molar refractivity (Wildman–Crippen MR) is 115 cm³/mol. The number of thiazole rings is 1. The van der Waals surface area contributed by atoms with E-state index in [0.717, 1.165) is 22.4 Å². The van der Waals surface area contributed by atoms with Gasteiger partial charge in [-0.2, -0.15) is 0 Å². The van der Waals surface area contributed by atoms with Crippen LogP contribution in [0.1, 0.15) is 16.7 Å². The van der Waals surface area contributed by atoms with Crippen LogP contribution < -0.4 is 5.43 Å². The molecule has 0 aliphatic carbocycles. The number of fused-ring (bicyclic) bond motifs is 1. The van der Waals surface area contributed by atoms with Gasteiger partial charge in [0.05, 0.1) is 10.6 Å². The van der Waals surface area contributed by atoms with E-state index in [4.69, 9.17) is 11.6 Å². The Bertz CT molecular complexity index is 1150. The summed E-state index contributed by atoms with van der Waals surface area (Å²) >= 11 is 7.56. The summed E-state index contributed by atoms with van der Waals surface area (Å²) in [5.41, 5.74) is 7.16. The first-order valence-corrected chi connectivity index (χ1v) is 10.3. The van der Waals surface area contributed by atoms with Crippen LogP contribution in [-0.2, 0) is 17.8 Å². The maximum atomic E-state index is 11.8. The summed E-state index contributed by atoms with van der Waals surface area (Å²) in [6.45, 7) is 2.21. The molecular weight excluding hydrogens is 428 g/mol. The summed E-state index contributed by atoms with van der Waals surface area (Å²) in [5, 5.41) is 25.4. The van der Waals surface area contributed by atoms with E-state index in [-0.39, 0.29) is 18.7 Å². The standard InChI is InChI=1S/C20H17ClN4O4S/c1-11-2-3-12(7-16(11)21)17-10-30-20(22-17)23-24-9-13-4-5-15(25(28)29)6-14(13)8-18(24)19(26)27/h2-7,10,18H,8-9H2,1H3,(H,22,23)(H,26,27). The molecule has 0 saturated carbocycles. The number of carboxylic acids is 1. The zero-order valence-electron chi connectivity index (χ0n) is 15.8. The van der Waals surface area contributed by atoms with E-state index in [0.29, 0.717) is 15.7 Å². The van der Waals surface area contributed by atoms with E-state index >= 15 is 0 Å². The molecule has 0 amide bonds. The minimum absolute atomic E-state index is 0.0411. The first-order chi connectivity index (χ1) is 14.3. The third-order valence-corrected chi connectivity index (χ3v) is 6.18. The van der Waals surface area contributed by atoms with Gasteiger partial charge in [0.25, 0.3) is 5.69 Å². The largest absolute Gasteiger partial charge is 0.480 e. The zero-order chi connectivity index (χ0) is 21.4. The molecule has 3 aromatic rings. The van der Waals surface area contributed by atoms with Gasteiger partial charge in [0.15, 0.2) is 5.13 Å². The highest BCUT2D eigenvalue weighted by Crippen LogP contribution is 2.31. The molecule has 0 bridgehead atoms. The van der Waals surface area contributed by atoms with Crippen molar-refractivity contribution >= 4 is 39.7 Å². The lowest BCUT2D eigenvalue weighted by Crippen LogP contribution is -2.48. The van der Waals surface area contributed by atoms with Crippen LogP contribution in [0.25, 0.3) is 11.3 Å². The second kappa shape index (κ2) is 8.02. The van der Waals surface area contributed by atoms with Gasteiger partial charge >= 0.3 is 5.97 Å². The molecule has 30 heavy (non-hydrogen) atoms. The lowest BCUT2D eigenvalue weighted by atomic mass is 9.94. The van der Waals surface area contributed by atoms with Gasteiger partial charge in [0.1, 0.15) is 6.04 Å². The van der Waals surface area contributed by atoms with Gasteiger partial charge in [-0.25, -0.2) is 9.99 Å². The maximum absolute atomic E-state index is 11.8. The van der Waals surface area contributed by atoms with E-state index in [2.05, 4.69) is 10.4 Å². The van der Waals surface area contributed by atoms with Gasteiger partial charge in [0, 0.05) is 41.1 Å². The van der Waals surface area contributed by atoms with Crippen molar-refractivity contribution < 1.29 is 14.8 Å². The molecule has 1 unspecified atom stereocenters. The molecule has 8 nitrogen and oxygen atoms in total. The third-order valence-electron chi connectivity index (χ3n) is 5.03. The number of anilines is 1. The number of carbonyl (C=O) groups is 1. The number of aromatic nitrogens is 1. The van der Waals surface area contributed by atoms with Gasteiger partial charge in [-0.3, -0.25) is 20.3 Å². The monoisotopic (exact) mass is 444 g/mol. The average Bonchev–Trinajstić information content (AvgIpc) is 3.17. The van der Waals surface area contributed by atoms with E-state index in [1.807, 2.05) is 30.5 Å². The predicted octanol–water partition coefficient (Wildman–Crippen LogP) is 4.52. The van der Waals surface area contributed by atoms with Crippen molar-refractivity contribution in [2.75, 3.05) is 5.43 Å². The van der Waals surface area contributed by atoms with Crippen LogP contribution in [0.5, 0.6) is 0 Å². The number of carboxylic acid groups (broad SMARTS) is 1. The van der Waals surface area contributed by atoms with Crippen LogP contribution in [0.15, 0.2) is 41.8 Å². The van der Waals surface area contributed by atoms with Crippen LogP contribution in [0, 0.1) is 17.0 Å². The van der Waals surface area contributed by atoms with E-state index in [1.165, 1.54) is 23.5 Å². The Balaban J connectivity index is 1.57. The highest BCUT2D eigenvalue weighted by Gasteiger charge is 2.33. The average molecular weight is 445 g/mol. The number of hydrogen-bond acceptors (Lipinski definition) is 7. The molecule has 1 atom stereocenters. The maximum Gasteiger partial charge on any atom is 0.323 e. The molecule has 154 valence electrons. The smallest absolute Gasteiger partial charge is 0.323 e. The number of aryl methyl sites for hydroxylation is 1. The lowest BCUT2D eigenvalue weighted by Gasteiger charge is -2.34. The second-order valence-corrected chi connectivity index (χ2v) is 8.28. The van der Waals surface area contributed by atoms with Crippen molar-refractivity contribution in [3.63, 3.8) is 0 Å². The Morgan fingerprint density at radius 2 is 2.13 bits per heavy atom. The van der Waals surface area contributed by atoms with Crippen LogP contribution in [-0.4, -0.2) is 32.0 Å². The quantitative estimate of drug-likeness (QED) is 0.440. The van der Waals surface area contributed by atoms with Gasteiger partial charge in [0.2, 0.25) is 0 Å². The normalized spacial score (nSPS) is 16.1. The van der Waals surface area contributed by atoms with Crippen molar-refractivity contribution in [1.82, 2.24) is 9.99 Å². The Morgan fingerprint density at radius 3 is 2.83 bits per heavy atom. The van der Waals surface area contributed by atoms with Crippen LogP contribution >= 0.6 is 22.9 Å². The van der Waals surface area contributed by atoms with E-state index < -0.39 is 16.9 Å². The summed E-state index contributed by atoms with van der Waals surface area (Å²) in [6.07, 6.45) is 0.158. The molecule has 1 aromatic heterocycles. The summed E-state index contributed by atoms with van der Waals surface area (Å²) < 4.78 is 0. The van der Waals surface area contributed by atoms with Crippen molar-refractivity contribution in [3.05, 3.63) is 73.6 Å². The molecule has 0 radical (unpaired) electrons. The third kappa shape index (κ3) is 4.00. The van der Waals surface area contributed by atoms with Gasteiger partial charge in [-0.15, -0.1) is 11.3 Å². The fourth-order valence-corrected chi connectivity index (χ4v) is 4.27. The molecule has 1 aliphatic heterocycles. The van der Waals surface area contributed by atoms with Crippen LogP contribution in [0.2, 0.25) is 5.02 Å². The van der Waals surface area contributed by atoms with Crippen molar-refractivity contribution in [2.45, 2.75) is 25.9 Å². The summed E-state index contributed by atoms with van der Waals surface area (Å²) in [5.74, 6) is -1.01. The minimum atomic E-state index is -1.01. The van der Waals surface area contributed by atoms with Crippen molar-refractivity contribution in [3.8, 4) is 11.3 Å². The lowest BCUT2D eigenvalue weighted by molar-refractivity contribution is -0.385. The van der Waals surface area contributed by atoms with Crippen LogP contribution in [0.3, 0.4) is 0 Å². The molecule has 2 heterocycles. The van der Waals surface area contributed by atoms with Gasteiger partial charge < -0.3 is 5.11 Å². The first kappa shape index (κ1) is 20.3. The second-order valence-electron chi connectivity index (χ2n) is 7.01. The first-order valence-electron chi connectivity index (χ1n) is 9.06. The number of benzene rings is 2. The van der Waals surface area contributed by atoms with Crippen LogP contribution in [0.4, 0.5) is 10.8 Å². The number of nitro benzene ring substituents is 1. The van der Waals surface area contributed by atoms with Crippen molar-refractivity contribution in [2.24, 2.45) is 0 Å². The number of halogens is 1. The molecule has 2 N–H and O–H groups in total. The Morgan fingerprint density at radius 1 is 1.33 bits per heavy atom. The molecule has 2 aromatic carbocycles. The number of aliphatic carboxylic acids is 1. The Kier molecular flexibility index (Phi) is 5.42. The fourth-order valence-electron chi connectivity index (χ4n) is 3.35. The SMILES string of the molecule is Cc1ccc(-c2csc(NN3Cc4ccc([N+](=O)[O-])cc4CC3C(=O)O)n2)cc1Cl. The van der Waals surface area contributed by atoms with E-state index in [1.54, 1.807) is 11.1 Å².